The predicted octanol–water partition coefficient (Wildman–Crippen LogP) is 5.52. The van der Waals surface area contributed by atoms with E-state index in [0.717, 1.165) is 11.1 Å². The number of rotatable bonds is 2. The highest BCUT2D eigenvalue weighted by molar-refractivity contribution is 6.37. The molecule has 0 aliphatic carbocycles. The zero-order valence-corrected chi connectivity index (χ0v) is 13.2. The number of benzene rings is 2. The van der Waals surface area contributed by atoms with Gasteiger partial charge in [-0.2, -0.15) is 0 Å². The van der Waals surface area contributed by atoms with Crippen LogP contribution in [0.5, 0.6) is 0 Å². The summed E-state index contributed by atoms with van der Waals surface area (Å²) >= 11 is 18.1. The van der Waals surface area contributed by atoms with Crippen molar-refractivity contribution in [3.8, 4) is 0 Å². The third kappa shape index (κ3) is 3.26. The molecule has 2 rings (SSSR count). The second kappa shape index (κ2) is 6.04. The lowest BCUT2D eigenvalue weighted by molar-refractivity contribution is 0.102. The van der Waals surface area contributed by atoms with Crippen molar-refractivity contribution >= 4 is 46.4 Å². The molecule has 0 heterocycles. The van der Waals surface area contributed by atoms with Gasteiger partial charge in [-0.15, -0.1) is 0 Å². The monoisotopic (exact) mass is 327 g/mol. The highest BCUT2D eigenvalue weighted by atomic mass is 35.5. The third-order valence-corrected chi connectivity index (χ3v) is 3.71. The maximum Gasteiger partial charge on any atom is 0.257 e. The number of anilines is 1. The molecule has 20 heavy (non-hydrogen) atoms. The summed E-state index contributed by atoms with van der Waals surface area (Å²) < 4.78 is 0. The molecule has 0 spiro atoms. The van der Waals surface area contributed by atoms with Crippen molar-refractivity contribution in [1.29, 1.82) is 0 Å². The van der Waals surface area contributed by atoms with Crippen LogP contribution in [0.2, 0.25) is 15.1 Å². The van der Waals surface area contributed by atoms with Gasteiger partial charge in [-0.1, -0.05) is 40.9 Å². The van der Waals surface area contributed by atoms with E-state index in [1.807, 2.05) is 19.9 Å². The normalized spacial score (nSPS) is 10.4. The minimum absolute atomic E-state index is 0.315. The maximum absolute atomic E-state index is 12.3. The Morgan fingerprint density at radius 3 is 2.35 bits per heavy atom. The number of carbonyl (C=O) groups excluding carboxylic acids is 1. The van der Waals surface area contributed by atoms with E-state index in [0.29, 0.717) is 26.3 Å². The lowest BCUT2D eigenvalue weighted by atomic mass is 10.1. The van der Waals surface area contributed by atoms with E-state index in [9.17, 15) is 4.79 Å². The van der Waals surface area contributed by atoms with Gasteiger partial charge in [0.15, 0.2) is 0 Å². The summed E-state index contributed by atoms with van der Waals surface area (Å²) in [4.78, 5) is 12.3. The van der Waals surface area contributed by atoms with Crippen LogP contribution in [0.4, 0.5) is 5.69 Å². The Hall–Kier alpha value is -1.22. The first kappa shape index (κ1) is 15.2. The van der Waals surface area contributed by atoms with Gasteiger partial charge in [0.2, 0.25) is 0 Å². The number of hydrogen-bond donors (Lipinski definition) is 1. The summed E-state index contributed by atoms with van der Waals surface area (Å²) in [6, 6.07) is 8.48. The minimum Gasteiger partial charge on any atom is -0.320 e. The molecule has 0 radical (unpaired) electrons. The van der Waals surface area contributed by atoms with Crippen LogP contribution in [0.1, 0.15) is 21.5 Å². The molecule has 2 aromatic rings. The number of aryl methyl sites for hydroxylation is 2. The van der Waals surface area contributed by atoms with Crippen LogP contribution < -0.4 is 5.32 Å². The van der Waals surface area contributed by atoms with E-state index in [1.165, 1.54) is 6.07 Å². The zero-order valence-electron chi connectivity index (χ0n) is 10.9. The Morgan fingerprint density at radius 1 is 1.00 bits per heavy atom. The molecule has 1 amide bonds. The van der Waals surface area contributed by atoms with Crippen molar-refractivity contribution in [2.45, 2.75) is 13.8 Å². The minimum atomic E-state index is -0.341. The van der Waals surface area contributed by atoms with Gasteiger partial charge in [0.05, 0.1) is 21.3 Å². The number of hydrogen-bond acceptors (Lipinski definition) is 1. The van der Waals surface area contributed by atoms with Crippen LogP contribution in [0, 0.1) is 13.8 Å². The first-order valence-corrected chi connectivity index (χ1v) is 7.05. The fourth-order valence-corrected chi connectivity index (χ4v) is 2.67. The van der Waals surface area contributed by atoms with Crippen LogP contribution in [0.25, 0.3) is 0 Å². The summed E-state index contributed by atoms with van der Waals surface area (Å²) in [6.07, 6.45) is 0. The largest absolute Gasteiger partial charge is 0.320 e. The molecule has 0 saturated heterocycles. The smallest absolute Gasteiger partial charge is 0.257 e. The molecule has 0 atom stereocenters. The molecule has 2 nitrogen and oxygen atoms in total. The molecule has 0 aliphatic rings. The molecule has 0 bridgehead atoms. The topological polar surface area (TPSA) is 29.1 Å². The van der Waals surface area contributed by atoms with Crippen molar-refractivity contribution in [3.63, 3.8) is 0 Å². The first-order chi connectivity index (χ1) is 9.38. The van der Waals surface area contributed by atoms with E-state index in [2.05, 4.69) is 5.32 Å². The number of amides is 1. The summed E-state index contributed by atoms with van der Waals surface area (Å²) in [5.41, 5.74) is 2.82. The fraction of sp³-hybridized carbons (Fsp3) is 0.133. The quantitative estimate of drug-likeness (QED) is 0.773. The van der Waals surface area contributed by atoms with Crippen LogP contribution in [0.15, 0.2) is 30.3 Å². The maximum atomic E-state index is 12.3. The summed E-state index contributed by atoms with van der Waals surface area (Å²) in [7, 11) is 0. The van der Waals surface area contributed by atoms with Crippen molar-refractivity contribution in [2.24, 2.45) is 0 Å². The van der Waals surface area contributed by atoms with E-state index in [-0.39, 0.29) is 5.91 Å². The Bertz CT molecular complexity index is 660. The molecule has 5 heteroatoms. The molecule has 0 aromatic heterocycles. The lowest BCUT2D eigenvalue weighted by Gasteiger charge is -2.12. The highest BCUT2D eigenvalue weighted by Crippen LogP contribution is 2.29. The molecule has 0 unspecified atom stereocenters. The second-order valence-corrected chi connectivity index (χ2v) is 5.77. The molecule has 0 fully saturated rings. The van der Waals surface area contributed by atoms with Crippen molar-refractivity contribution < 1.29 is 4.79 Å². The van der Waals surface area contributed by atoms with Gasteiger partial charge in [-0.05, 0) is 49.2 Å². The molecular formula is C15H12Cl3NO. The number of halogens is 3. The van der Waals surface area contributed by atoms with Gasteiger partial charge in [-0.3, -0.25) is 4.79 Å². The Kier molecular flexibility index (Phi) is 4.59. The highest BCUT2D eigenvalue weighted by Gasteiger charge is 2.14. The van der Waals surface area contributed by atoms with Crippen LogP contribution in [-0.4, -0.2) is 5.91 Å². The van der Waals surface area contributed by atoms with E-state index >= 15 is 0 Å². The molecule has 0 aliphatic heterocycles. The van der Waals surface area contributed by atoms with E-state index in [4.69, 9.17) is 34.8 Å². The van der Waals surface area contributed by atoms with Gasteiger partial charge in [-0.25, -0.2) is 0 Å². The summed E-state index contributed by atoms with van der Waals surface area (Å²) in [5.74, 6) is -0.341. The predicted molar refractivity (Wildman–Crippen MR) is 85.3 cm³/mol. The van der Waals surface area contributed by atoms with Crippen molar-refractivity contribution in [2.75, 3.05) is 5.32 Å². The average Bonchev–Trinajstić information content (AvgIpc) is 2.36. The zero-order chi connectivity index (χ0) is 14.9. The molecule has 2 aromatic carbocycles. The van der Waals surface area contributed by atoms with Crippen molar-refractivity contribution in [1.82, 2.24) is 0 Å². The van der Waals surface area contributed by atoms with Gasteiger partial charge in [0.1, 0.15) is 0 Å². The van der Waals surface area contributed by atoms with E-state index < -0.39 is 0 Å². The summed E-state index contributed by atoms with van der Waals surface area (Å²) in [6.45, 7) is 3.83. The first-order valence-electron chi connectivity index (χ1n) is 5.91. The molecule has 104 valence electrons. The number of nitrogens with one attached hydrogen (secondary N) is 1. The Balaban J connectivity index is 2.35. The SMILES string of the molecule is Cc1cc(C)c(NC(=O)c2cc(Cl)ccc2Cl)c(Cl)c1. The molecule has 0 saturated carbocycles. The number of carbonyl (C=O) groups is 1. The standard InChI is InChI=1S/C15H12Cl3NO/c1-8-5-9(2)14(13(18)6-8)19-15(20)11-7-10(16)3-4-12(11)17/h3-7H,1-2H3,(H,19,20). The van der Waals surface area contributed by atoms with E-state index in [1.54, 1.807) is 18.2 Å². The van der Waals surface area contributed by atoms with Gasteiger partial charge < -0.3 is 5.32 Å². The Morgan fingerprint density at radius 2 is 1.70 bits per heavy atom. The van der Waals surface area contributed by atoms with Crippen LogP contribution in [0.3, 0.4) is 0 Å². The van der Waals surface area contributed by atoms with Gasteiger partial charge in [0, 0.05) is 5.02 Å². The van der Waals surface area contributed by atoms with Crippen molar-refractivity contribution in [3.05, 3.63) is 62.1 Å². The second-order valence-electron chi connectivity index (χ2n) is 4.52. The van der Waals surface area contributed by atoms with Gasteiger partial charge in [0.25, 0.3) is 5.91 Å². The van der Waals surface area contributed by atoms with Crippen LogP contribution >= 0.6 is 34.8 Å². The molecule has 1 N–H and O–H groups in total. The Labute approximate surface area is 132 Å². The molecular weight excluding hydrogens is 317 g/mol. The fourth-order valence-electron chi connectivity index (χ4n) is 1.93. The van der Waals surface area contributed by atoms with Crippen LogP contribution in [-0.2, 0) is 0 Å². The van der Waals surface area contributed by atoms with Gasteiger partial charge >= 0.3 is 0 Å². The summed E-state index contributed by atoms with van der Waals surface area (Å²) in [5, 5.41) is 4.06. The lowest BCUT2D eigenvalue weighted by Crippen LogP contribution is -2.14. The average molecular weight is 329 g/mol. The third-order valence-electron chi connectivity index (χ3n) is 2.84.